The van der Waals surface area contributed by atoms with Gasteiger partial charge in [-0.15, -0.1) is 0 Å². The molecule has 0 spiro atoms. The lowest BCUT2D eigenvalue weighted by Crippen LogP contribution is -2.42. The van der Waals surface area contributed by atoms with Gasteiger partial charge in [-0.1, -0.05) is 13.8 Å². The number of amides is 1. The van der Waals surface area contributed by atoms with Gasteiger partial charge >= 0.3 is 6.09 Å². The summed E-state index contributed by atoms with van der Waals surface area (Å²) in [5, 5.41) is 5.61. The fourth-order valence-corrected chi connectivity index (χ4v) is 0.988. The molecule has 0 saturated heterocycles. The van der Waals surface area contributed by atoms with E-state index in [2.05, 4.69) is 10.6 Å². The molecule has 5 heteroatoms. The van der Waals surface area contributed by atoms with Gasteiger partial charge in [0.1, 0.15) is 0 Å². The van der Waals surface area contributed by atoms with Gasteiger partial charge in [-0.3, -0.25) is 5.32 Å². The van der Waals surface area contributed by atoms with Crippen LogP contribution in [0.1, 0.15) is 27.7 Å². The lowest BCUT2D eigenvalue weighted by Gasteiger charge is -2.12. The number of carbonyl (C=O) groups excluding carboxylic acids is 1. The van der Waals surface area contributed by atoms with E-state index in [-0.39, 0.29) is 6.04 Å². The molecular formula is C9H18N2O2S. The van der Waals surface area contributed by atoms with Crippen LogP contribution in [0.3, 0.4) is 0 Å². The smallest absolute Gasteiger partial charge is 0.413 e. The quantitative estimate of drug-likeness (QED) is 0.707. The van der Waals surface area contributed by atoms with Crippen molar-refractivity contribution in [2.75, 3.05) is 6.61 Å². The van der Waals surface area contributed by atoms with Crippen LogP contribution < -0.4 is 10.6 Å². The van der Waals surface area contributed by atoms with Gasteiger partial charge in [0, 0.05) is 6.04 Å². The minimum atomic E-state index is -0.503. The maximum atomic E-state index is 11.1. The molecule has 0 rings (SSSR count). The third kappa shape index (κ3) is 7.79. The van der Waals surface area contributed by atoms with Gasteiger partial charge in [-0.05, 0) is 32.0 Å². The Morgan fingerprint density at radius 1 is 1.36 bits per heavy atom. The van der Waals surface area contributed by atoms with Crippen LogP contribution in [0.25, 0.3) is 0 Å². The molecule has 0 saturated carbocycles. The molecule has 0 radical (unpaired) electrons. The molecule has 0 heterocycles. The van der Waals surface area contributed by atoms with Gasteiger partial charge < -0.3 is 10.1 Å². The highest BCUT2D eigenvalue weighted by molar-refractivity contribution is 7.80. The summed E-state index contributed by atoms with van der Waals surface area (Å²) < 4.78 is 4.88. The second kappa shape index (κ2) is 6.59. The lowest BCUT2D eigenvalue weighted by atomic mass is 10.2. The number of nitrogens with one attached hydrogen (secondary N) is 2. The summed E-state index contributed by atoms with van der Waals surface area (Å²) in [7, 11) is 0. The van der Waals surface area contributed by atoms with Crippen LogP contribution in [0, 0.1) is 5.92 Å². The Morgan fingerprint density at radius 3 is 2.36 bits per heavy atom. The van der Waals surface area contributed by atoms with Crippen LogP contribution in [0.15, 0.2) is 0 Å². The SMILES string of the molecule is CC(C)COC(=O)NC(=S)NC(C)C. The number of ether oxygens (including phenoxy) is 1. The molecule has 0 aromatic carbocycles. The van der Waals surface area contributed by atoms with E-state index in [1.54, 1.807) is 0 Å². The summed E-state index contributed by atoms with van der Waals surface area (Å²) in [6.45, 7) is 8.22. The summed E-state index contributed by atoms with van der Waals surface area (Å²) in [5.41, 5.74) is 0. The zero-order valence-corrected chi connectivity index (χ0v) is 9.90. The number of hydrogen-bond acceptors (Lipinski definition) is 3. The molecule has 0 aromatic heterocycles. The molecule has 0 fully saturated rings. The van der Waals surface area contributed by atoms with Gasteiger partial charge in [0.15, 0.2) is 5.11 Å². The van der Waals surface area contributed by atoms with E-state index in [1.807, 2.05) is 27.7 Å². The van der Waals surface area contributed by atoms with E-state index in [0.717, 1.165) is 0 Å². The van der Waals surface area contributed by atoms with E-state index in [9.17, 15) is 4.79 Å². The number of alkyl carbamates (subject to hydrolysis) is 1. The Labute approximate surface area is 90.4 Å². The van der Waals surface area contributed by atoms with Crippen molar-refractivity contribution < 1.29 is 9.53 Å². The Bertz CT molecular complexity index is 205. The molecule has 0 unspecified atom stereocenters. The molecule has 4 nitrogen and oxygen atoms in total. The molecule has 0 atom stereocenters. The van der Waals surface area contributed by atoms with E-state index in [0.29, 0.717) is 17.6 Å². The first-order chi connectivity index (χ1) is 6.41. The number of rotatable bonds is 3. The van der Waals surface area contributed by atoms with Crippen molar-refractivity contribution in [3.8, 4) is 0 Å². The van der Waals surface area contributed by atoms with Gasteiger partial charge in [-0.25, -0.2) is 4.79 Å². The highest BCUT2D eigenvalue weighted by atomic mass is 32.1. The van der Waals surface area contributed by atoms with Crippen LogP contribution in [-0.4, -0.2) is 23.9 Å². The average molecular weight is 218 g/mol. The molecule has 82 valence electrons. The first-order valence-electron chi connectivity index (χ1n) is 4.66. The first kappa shape index (κ1) is 13.2. The summed E-state index contributed by atoms with van der Waals surface area (Å²) in [6, 6.07) is 0.202. The Hall–Kier alpha value is -0.840. The largest absolute Gasteiger partial charge is 0.449 e. The van der Waals surface area contributed by atoms with Crippen LogP contribution in [-0.2, 0) is 4.74 Å². The highest BCUT2D eigenvalue weighted by Gasteiger charge is 2.06. The highest BCUT2D eigenvalue weighted by Crippen LogP contribution is 1.92. The van der Waals surface area contributed by atoms with Crippen molar-refractivity contribution in [2.45, 2.75) is 33.7 Å². The molecule has 0 aliphatic carbocycles. The first-order valence-corrected chi connectivity index (χ1v) is 5.07. The fourth-order valence-electron chi connectivity index (χ4n) is 0.669. The van der Waals surface area contributed by atoms with Crippen LogP contribution in [0.5, 0.6) is 0 Å². The van der Waals surface area contributed by atoms with Gasteiger partial charge in [-0.2, -0.15) is 0 Å². The number of hydrogen-bond donors (Lipinski definition) is 2. The summed E-state index contributed by atoms with van der Waals surface area (Å²) in [5.74, 6) is 0.326. The Morgan fingerprint density at radius 2 is 1.93 bits per heavy atom. The minimum Gasteiger partial charge on any atom is -0.449 e. The molecule has 1 amide bonds. The zero-order chi connectivity index (χ0) is 11.1. The number of thiocarbonyl (C=S) groups is 1. The van der Waals surface area contributed by atoms with E-state index >= 15 is 0 Å². The van der Waals surface area contributed by atoms with Crippen molar-refractivity contribution in [3.63, 3.8) is 0 Å². The summed E-state index contributed by atoms with van der Waals surface area (Å²) in [4.78, 5) is 11.1. The Balaban J connectivity index is 3.66. The summed E-state index contributed by atoms with van der Waals surface area (Å²) >= 11 is 4.86. The van der Waals surface area contributed by atoms with Crippen molar-refractivity contribution >= 4 is 23.4 Å². The van der Waals surface area contributed by atoms with E-state index < -0.39 is 6.09 Å². The monoisotopic (exact) mass is 218 g/mol. The third-order valence-electron chi connectivity index (χ3n) is 1.18. The van der Waals surface area contributed by atoms with Crippen molar-refractivity contribution in [3.05, 3.63) is 0 Å². The zero-order valence-electron chi connectivity index (χ0n) is 9.09. The van der Waals surface area contributed by atoms with Crippen LogP contribution in [0.4, 0.5) is 4.79 Å². The average Bonchev–Trinajstić information content (AvgIpc) is 1.98. The van der Waals surface area contributed by atoms with Crippen LogP contribution in [0.2, 0.25) is 0 Å². The normalized spacial score (nSPS) is 10.1. The Kier molecular flexibility index (Phi) is 6.19. The molecule has 0 aromatic rings. The van der Waals surface area contributed by atoms with Gasteiger partial charge in [0.25, 0.3) is 0 Å². The topological polar surface area (TPSA) is 50.4 Å². The van der Waals surface area contributed by atoms with E-state index in [1.165, 1.54) is 0 Å². The third-order valence-corrected chi connectivity index (χ3v) is 1.40. The fraction of sp³-hybridized carbons (Fsp3) is 0.778. The van der Waals surface area contributed by atoms with E-state index in [4.69, 9.17) is 17.0 Å². The van der Waals surface area contributed by atoms with Crippen molar-refractivity contribution in [1.29, 1.82) is 0 Å². The van der Waals surface area contributed by atoms with Crippen molar-refractivity contribution in [2.24, 2.45) is 5.92 Å². The standard InChI is InChI=1S/C9H18N2O2S/c1-6(2)5-13-9(12)11-8(14)10-7(3)4/h6-7H,5H2,1-4H3,(H2,10,11,12,14). The molecule has 14 heavy (non-hydrogen) atoms. The second-order valence-electron chi connectivity index (χ2n) is 3.75. The summed E-state index contributed by atoms with van der Waals surface area (Å²) in [6.07, 6.45) is -0.503. The van der Waals surface area contributed by atoms with Crippen molar-refractivity contribution in [1.82, 2.24) is 10.6 Å². The maximum absolute atomic E-state index is 11.1. The minimum absolute atomic E-state index is 0.202. The molecule has 2 N–H and O–H groups in total. The number of carbonyl (C=O) groups is 1. The molecule has 0 bridgehead atoms. The predicted octanol–water partition coefficient (Wildman–Crippen LogP) is 1.65. The molecule has 0 aliphatic rings. The van der Waals surface area contributed by atoms with Gasteiger partial charge in [0.2, 0.25) is 0 Å². The predicted molar refractivity (Wildman–Crippen MR) is 60.2 cm³/mol. The molecular weight excluding hydrogens is 200 g/mol. The van der Waals surface area contributed by atoms with Gasteiger partial charge in [0.05, 0.1) is 6.61 Å². The lowest BCUT2D eigenvalue weighted by molar-refractivity contribution is 0.138. The second-order valence-corrected chi connectivity index (χ2v) is 4.15. The van der Waals surface area contributed by atoms with Crippen LogP contribution >= 0.6 is 12.2 Å². The maximum Gasteiger partial charge on any atom is 0.413 e. The molecule has 0 aliphatic heterocycles.